The number of ether oxygens (including phenoxy) is 3. The lowest BCUT2D eigenvalue weighted by Gasteiger charge is -2.37. The predicted molar refractivity (Wildman–Crippen MR) is 130 cm³/mol. The third-order valence-electron chi connectivity index (χ3n) is 6.14. The number of methoxy groups -OCH3 is 2. The van der Waals surface area contributed by atoms with Gasteiger partial charge in [-0.2, -0.15) is 0 Å². The first-order valence-electron chi connectivity index (χ1n) is 11.5. The van der Waals surface area contributed by atoms with Crippen LogP contribution < -0.4 is 20.1 Å². The zero-order chi connectivity index (χ0) is 22.8. The van der Waals surface area contributed by atoms with E-state index in [1.807, 2.05) is 18.2 Å². The Morgan fingerprint density at radius 1 is 1.03 bits per heavy atom. The molecular formula is C26H37N3O3. The van der Waals surface area contributed by atoms with E-state index in [2.05, 4.69) is 48.7 Å². The highest BCUT2D eigenvalue weighted by atomic mass is 16.5. The van der Waals surface area contributed by atoms with E-state index in [1.54, 1.807) is 14.2 Å². The number of aryl methyl sites for hydroxylation is 1. The van der Waals surface area contributed by atoms with Gasteiger partial charge in [0.15, 0.2) is 5.96 Å². The van der Waals surface area contributed by atoms with E-state index >= 15 is 0 Å². The van der Waals surface area contributed by atoms with Gasteiger partial charge in [-0.05, 0) is 50.8 Å². The van der Waals surface area contributed by atoms with Gasteiger partial charge >= 0.3 is 0 Å². The Bertz CT molecular complexity index is 892. The Morgan fingerprint density at radius 2 is 1.78 bits per heavy atom. The highest BCUT2D eigenvalue weighted by Gasteiger charge is 2.37. The van der Waals surface area contributed by atoms with Crippen molar-refractivity contribution in [3.8, 4) is 11.5 Å². The maximum atomic E-state index is 5.74. The number of guanidine groups is 1. The van der Waals surface area contributed by atoms with Gasteiger partial charge in [-0.25, -0.2) is 0 Å². The molecule has 6 heteroatoms. The topological polar surface area (TPSA) is 64.1 Å². The molecule has 2 aromatic carbocycles. The standard InChI is InChI=1S/C26H37N3O3/c1-5-27-25(28-15-12-21-8-6-7-9-23(21)30-3)29-19-26(13-16-32-17-14-26)22-18-20(2)10-11-24(22)31-4/h6-11,18H,5,12-17,19H2,1-4H3,(H2,27,28,29). The molecular weight excluding hydrogens is 402 g/mol. The monoisotopic (exact) mass is 439 g/mol. The van der Waals surface area contributed by atoms with E-state index < -0.39 is 0 Å². The van der Waals surface area contributed by atoms with E-state index in [0.717, 1.165) is 63.0 Å². The lowest BCUT2D eigenvalue weighted by molar-refractivity contribution is 0.0522. The van der Waals surface area contributed by atoms with Crippen LogP contribution >= 0.6 is 0 Å². The summed E-state index contributed by atoms with van der Waals surface area (Å²) < 4.78 is 16.9. The third-order valence-corrected chi connectivity index (χ3v) is 6.14. The highest BCUT2D eigenvalue weighted by molar-refractivity contribution is 5.79. The molecule has 6 nitrogen and oxygen atoms in total. The number of hydrogen-bond donors (Lipinski definition) is 2. The molecule has 1 aliphatic heterocycles. The molecule has 1 saturated heterocycles. The Hall–Kier alpha value is -2.73. The number of nitrogens with zero attached hydrogens (tertiary/aromatic N) is 1. The van der Waals surface area contributed by atoms with Crippen LogP contribution in [0.3, 0.4) is 0 Å². The fraction of sp³-hybridized carbons (Fsp3) is 0.500. The van der Waals surface area contributed by atoms with Crippen LogP contribution in [0, 0.1) is 6.92 Å². The van der Waals surface area contributed by atoms with Crippen molar-refractivity contribution in [3.63, 3.8) is 0 Å². The van der Waals surface area contributed by atoms with Gasteiger partial charge in [0, 0.05) is 37.3 Å². The molecule has 32 heavy (non-hydrogen) atoms. The van der Waals surface area contributed by atoms with E-state index in [4.69, 9.17) is 19.2 Å². The molecule has 1 heterocycles. The number of rotatable bonds is 9. The van der Waals surface area contributed by atoms with Crippen molar-refractivity contribution in [2.45, 2.75) is 38.5 Å². The number of benzene rings is 2. The molecule has 0 radical (unpaired) electrons. The minimum absolute atomic E-state index is 0.0966. The van der Waals surface area contributed by atoms with Gasteiger partial charge < -0.3 is 24.8 Å². The summed E-state index contributed by atoms with van der Waals surface area (Å²) in [5, 5.41) is 6.88. The summed E-state index contributed by atoms with van der Waals surface area (Å²) in [6, 6.07) is 14.6. The lowest BCUT2D eigenvalue weighted by Crippen LogP contribution is -2.42. The number of aliphatic imine (C=N–C) groups is 1. The van der Waals surface area contributed by atoms with Crippen LogP contribution in [0.2, 0.25) is 0 Å². The first-order chi connectivity index (χ1) is 15.6. The predicted octanol–water partition coefficient (Wildman–Crippen LogP) is 3.86. The van der Waals surface area contributed by atoms with Gasteiger partial charge in [-0.3, -0.25) is 4.99 Å². The maximum Gasteiger partial charge on any atom is 0.191 e. The van der Waals surface area contributed by atoms with Crippen LogP contribution in [-0.4, -0.2) is 53.0 Å². The van der Waals surface area contributed by atoms with E-state index in [-0.39, 0.29) is 5.41 Å². The molecule has 0 atom stereocenters. The summed E-state index contributed by atoms with van der Waals surface area (Å²) in [6.45, 7) is 7.96. The second kappa shape index (κ2) is 11.8. The van der Waals surface area contributed by atoms with Gasteiger partial charge in [-0.1, -0.05) is 35.9 Å². The Kier molecular flexibility index (Phi) is 8.80. The number of para-hydroxylation sites is 1. The van der Waals surface area contributed by atoms with Crippen LogP contribution in [0.1, 0.15) is 36.5 Å². The van der Waals surface area contributed by atoms with Crippen molar-refractivity contribution in [2.24, 2.45) is 4.99 Å². The molecule has 1 aliphatic rings. The summed E-state index contributed by atoms with van der Waals surface area (Å²) >= 11 is 0. The second-order valence-electron chi connectivity index (χ2n) is 8.28. The molecule has 0 spiro atoms. The second-order valence-corrected chi connectivity index (χ2v) is 8.28. The van der Waals surface area contributed by atoms with Crippen molar-refractivity contribution in [2.75, 3.05) is 47.1 Å². The summed E-state index contributed by atoms with van der Waals surface area (Å²) in [6.07, 6.45) is 2.72. The fourth-order valence-corrected chi connectivity index (χ4v) is 4.31. The SMILES string of the molecule is CCNC(=NCC1(c2cc(C)ccc2OC)CCOCC1)NCCc1ccccc1OC. The first kappa shape index (κ1) is 23.9. The van der Waals surface area contributed by atoms with E-state index in [1.165, 1.54) is 16.7 Å². The molecule has 0 aromatic heterocycles. The third kappa shape index (κ3) is 5.94. The zero-order valence-corrected chi connectivity index (χ0v) is 19.9. The molecule has 3 rings (SSSR count). The Labute approximate surface area is 192 Å². The van der Waals surface area contributed by atoms with Crippen LogP contribution in [-0.2, 0) is 16.6 Å². The molecule has 2 aromatic rings. The average molecular weight is 440 g/mol. The molecule has 2 N–H and O–H groups in total. The van der Waals surface area contributed by atoms with Crippen LogP contribution in [0.25, 0.3) is 0 Å². The van der Waals surface area contributed by atoms with Gasteiger partial charge in [0.2, 0.25) is 0 Å². The molecule has 0 aliphatic carbocycles. The summed E-state index contributed by atoms with van der Waals surface area (Å²) in [5.74, 6) is 2.69. The molecule has 1 fully saturated rings. The molecule has 0 amide bonds. The fourth-order valence-electron chi connectivity index (χ4n) is 4.31. The minimum atomic E-state index is -0.0966. The minimum Gasteiger partial charge on any atom is -0.496 e. The quantitative estimate of drug-likeness (QED) is 0.459. The smallest absolute Gasteiger partial charge is 0.191 e. The Balaban J connectivity index is 1.76. The van der Waals surface area contributed by atoms with Gasteiger partial charge in [0.05, 0.1) is 20.8 Å². The van der Waals surface area contributed by atoms with Gasteiger partial charge in [-0.15, -0.1) is 0 Å². The number of nitrogens with one attached hydrogen (secondary N) is 2. The van der Waals surface area contributed by atoms with Crippen molar-refractivity contribution in [1.82, 2.24) is 10.6 Å². The summed E-state index contributed by atoms with van der Waals surface area (Å²) in [5.41, 5.74) is 3.55. The normalized spacial score (nSPS) is 15.8. The van der Waals surface area contributed by atoms with Crippen molar-refractivity contribution in [1.29, 1.82) is 0 Å². The average Bonchev–Trinajstić information content (AvgIpc) is 2.83. The Morgan fingerprint density at radius 3 is 2.50 bits per heavy atom. The van der Waals surface area contributed by atoms with Crippen molar-refractivity contribution in [3.05, 3.63) is 59.2 Å². The largest absolute Gasteiger partial charge is 0.496 e. The highest BCUT2D eigenvalue weighted by Crippen LogP contribution is 2.40. The zero-order valence-electron chi connectivity index (χ0n) is 19.9. The van der Waals surface area contributed by atoms with Crippen LogP contribution in [0.15, 0.2) is 47.5 Å². The molecule has 0 unspecified atom stereocenters. The summed E-state index contributed by atoms with van der Waals surface area (Å²) in [4.78, 5) is 5.02. The van der Waals surface area contributed by atoms with E-state index in [0.29, 0.717) is 6.54 Å². The van der Waals surface area contributed by atoms with Crippen molar-refractivity contribution < 1.29 is 14.2 Å². The van der Waals surface area contributed by atoms with Crippen LogP contribution in [0.4, 0.5) is 0 Å². The maximum absolute atomic E-state index is 5.74. The first-order valence-corrected chi connectivity index (χ1v) is 11.5. The van der Waals surface area contributed by atoms with Crippen LogP contribution in [0.5, 0.6) is 11.5 Å². The lowest BCUT2D eigenvalue weighted by atomic mass is 9.73. The van der Waals surface area contributed by atoms with Gasteiger partial charge in [0.25, 0.3) is 0 Å². The van der Waals surface area contributed by atoms with Crippen molar-refractivity contribution >= 4 is 5.96 Å². The number of hydrogen-bond acceptors (Lipinski definition) is 4. The van der Waals surface area contributed by atoms with E-state index in [9.17, 15) is 0 Å². The van der Waals surface area contributed by atoms with Gasteiger partial charge in [0.1, 0.15) is 11.5 Å². The molecule has 174 valence electrons. The molecule has 0 bridgehead atoms. The molecule has 0 saturated carbocycles. The summed E-state index contributed by atoms with van der Waals surface area (Å²) in [7, 11) is 3.46.